The smallest absolute Gasteiger partial charge is 0.341 e. The number of aromatic nitrogens is 1. The first-order valence-electron chi connectivity index (χ1n) is 10.3. The molecule has 0 fully saturated rings. The van der Waals surface area contributed by atoms with E-state index in [2.05, 4.69) is 26.2 Å². The van der Waals surface area contributed by atoms with Gasteiger partial charge >= 0.3 is 5.97 Å². The molecule has 34 heavy (non-hydrogen) atoms. The number of esters is 1. The Bertz CT molecular complexity index is 1510. The van der Waals surface area contributed by atoms with Crippen LogP contribution < -0.4 is 5.32 Å². The molecular weight excluding hydrogens is 516 g/mol. The molecule has 0 atom stereocenters. The molecule has 0 saturated heterocycles. The molecule has 1 N–H and O–H groups in total. The number of thiophene rings is 1. The number of furan rings is 1. The average molecular weight is 533 g/mol. The maximum Gasteiger partial charge on any atom is 0.341 e. The van der Waals surface area contributed by atoms with Crippen LogP contribution in [-0.4, -0.2) is 24.0 Å². The number of rotatable bonds is 5. The quantitative estimate of drug-likeness (QED) is 0.246. The van der Waals surface area contributed by atoms with Crippen molar-refractivity contribution in [1.29, 1.82) is 0 Å². The number of nitrogens with zero attached hydrogens (tertiary/aromatic N) is 1. The Morgan fingerprint density at radius 2 is 1.85 bits per heavy atom. The number of methoxy groups -OCH3 is 1. The van der Waals surface area contributed by atoms with Crippen molar-refractivity contribution in [3.63, 3.8) is 0 Å². The number of halogens is 1. The predicted molar refractivity (Wildman–Crippen MR) is 136 cm³/mol. The van der Waals surface area contributed by atoms with Gasteiger partial charge in [0.1, 0.15) is 16.3 Å². The molecule has 3 aromatic heterocycles. The SMILES string of the molecule is COC(=O)c1c(-c2ccc(Br)cc2)csc1NC(=O)c1cc(-c2ccco2)nc2ccccc12. The molecule has 5 rings (SSSR count). The van der Waals surface area contributed by atoms with E-state index in [-0.39, 0.29) is 5.91 Å². The molecule has 5 aromatic rings. The fourth-order valence-corrected chi connectivity index (χ4v) is 4.90. The largest absolute Gasteiger partial charge is 0.465 e. The van der Waals surface area contributed by atoms with Crippen LogP contribution in [0, 0.1) is 0 Å². The molecule has 0 bridgehead atoms. The number of carbonyl (C=O) groups is 2. The van der Waals surface area contributed by atoms with E-state index >= 15 is 0 Å². The Kier molecular flexibility index (Phi) is 6.00. The first-order chi connectivity index (χ1) is 16.5. The summed E-state index contributed by atoms with van der Waals surface area (Å²) in [4.78, 5) is 30.8. The number of pyridine rings is 1. The first-order valence-corrected chi connectivity index (χ1v) is 11.9. The maximum absolute atomic E-state index is 13.5. The predicted octanol–water partition coefficient (Wildman–Crippen LogP) is 7.02. The standard InChI is InChI=1S/C26H17BrN2O4S/c1-32-26(31)23-19(15-8-10-16(27)11-9-15)14-34-25(23)29-24(30)18-13-21(22-7-4-12-33-22)28-20-6-3-2-5-17(18)20/h2-14H,1H3,(H,29,30). The van der Waals surface area contributed by atoms with Crippen LogP contribution in [0.3, 0.4) is 0 Å². The van der Waals surface area contributed by atoms with Crippen LogP contribution >= 0.6 is 27.3 Å². The zero-order valence-corrected chi connectivity index (χ0v) is 20.3. The summed E-state index contributed by atoms with van der Waals surface area (Å²) >= 11 is 4.70. The number of benzene rings is 2. The lowest BCUT2D eigenvalue weighted by Crippen LogP contribution is -2.15. The Morgan fingerprint density at radius 3 is 2.59 bits per heavy atom. The minimum Gasteiger partial charge on any atom is -0.465 e. The number of ether oxygens (including phenoxy) is 1. The van der Waals surface area contributed by atoms with Gasteiger partial charge in [0.2, 0.25) is 0 Å². The first kappa shape index (κ1) is 22.1. The van der Waals surface area contributed by atoms with Crippen LogP contribution in [0.2, 0.25) is 0 Å². The molecule has 0 saturated carbocycles. The van der Waals surface area contributed by atoms with E-state index in [0.29, 0.717) is 44.0 Å². The number of nitrogens with one attached hydrogen (secondary N) is 1. The van der Waals surface area contributed by atoms with E-state index < -0.39 is 5.97 Å². The van der Waals surface area contributed by atoms with Crippen LogP contribution in [-0.2, 0) is 4.74 Å². The molecular formula is C26H17BrN2O4S. The third-order valence-corrected chi connectivity index (χ3v) is 6.72. The minimum atomic E-state index is -0.523. The van der Waals surface area contributed by atoms with Gasteiger partial charge in [-0.05, 0) is 42.0 Å². The van der Waals surface area contributed by atoms with Crippen molar-refractivity contribution in [3.05, 3.63) is 94.0 Å². The second kappa shape index (κ2) is 9.24. The highest BCUT2D eigenvalue weighted by atomic mass is 79.9. The normalized spacial score (nSPS) is 10.9. The van der Waals surface area contributed by atoms with Crippen LogP contribution in [0.1, 0.15) is 20.7 Å². The summed E-state index contributed by atoms with van der Waals surface area (Å²) in [6.07, 6.45) is 1.56. The average Bonchev–Trinajstić information content (AvgIpc) is 3.54. The van der Waals surface area contributed by atoms with Gasteiger partial charge in [-0.3, -0.25) is 4.79 Å². The molecule has 0 aliphatic rings. The van der Waals surface area contributed by atoms with Gasteiger partial charge in [0, 0.05) is 20.8 Å². The maximum atomic E-state index is 13.5. The van der Waals surface area contributed by atoms with Gasteiger partial charge in [0.15, 0.2) is 5.76 Å². The van der Waals surface area contributed by atoms with Crippen molar-refractivity contribution < 1.29 is 18.7 Å². The molecule has 8 heteroatoms. The molecule has 0 aliphatic heterocycles. The fourth-order valence-electron chi connectivity index (χ4n) is 3.68. The Morgan fingerprint density at radius 1 is 1.06 bits per heavy atom. The second-order valence-electron chi connectivity index (χ2n) is 7.36. The van der Waals surface area contributed by atoms with Crippen molar-refractivity contribution in [3.8, 4) is 22.6 Å². The molecule has 0 spiro atoms. The van der Waals surface area contributed by atoms with E-state index in [1.54, 1.807) is 24.5 Å². The highest BCUT2D eigenvalue weighted by Crippen LogP contribution is 2.37. The van der Waals surface area contributed by atoms with Crippen LogP contribution in [0.15, 0.2) is 87.3 Å². The topological polar surface area (TPSA) is 81.4 Å². The molecule has 6 nitrogen and oxygen atoms in total. The number of hydrogen-bond donors (Lipinski definition) is 1. The highest BCUT2D eigenvalue weighted by molar-refractivity contribution is 9.10. The molecule has 168 valence electrons. The number of amides is 1. The Hall–Kier alpha value is -3.75. The van der Waals surface area contributed by atoms with Crippen LogP contribution in [0.5, 0.6) is 0 Å². The summed E-state index contributed by atoms with van der Waals surface area (Å²) in [5.41, 5.74) is 3.48. The zero-order chi connectivity index (χ0) is 23.7. The number of hydrogen-bond acceptors (Lipinski definition) is 6. The second-order valence-corrected chi connectivity index (χ2v) is 9.15. The Balaban J connectivity index is 1.58. The van der Waals surface area contributed by atoms with Crippen molar-refractivity contribution in [1.82, 2.24) is 4.98 Å². The number of anilines is 1. The molecule has 0 radical (unpaired) electrons. The van der Waals surface area contributed by atoms with Crippen LogP contribution in [0.4, 0.5) is 5.00 Å². The molecule has 3 heterocycles. The van der Waals surface area contributed by atoms with Gasteiger partial charge in [-0.25, -0.2) is 9.78 Å². The van der Waals surface area contributed by atoms with Crippen molar-refractivity contribution in [2.45, 2.75) is 0 Å². The lowest BCUT2D eigenvalue weighted by atomic mass is 10.0. The number of carbonyl (C=O) groups excluding carboxylic acids is 2. The van der Waals surface area contributed by atoms with Crippen molar-refractivity contribution in [2.24, 2.45) is 0 Å². The summed E-state index contributed by atoms with van der Waals surface area (Å²) in [6, 6.07) is 20.2. The molecule has 2 aromatic carbocycles. The fraction of sp³-hybridized carbons (Fsp3) is 0.0385. The highest BCUT2D eigenvalue weighted by Gasteiger charge is 2.24. The zero-order valence-electron chi connectivity index (χ0n) is 17.9. The molecule has 0 unspecified atom stereocenters. The van der Waals surface area contributed by atoms with Gasteiger partial charge < -0.3 is 14.5 Å². The van der Waals surface area contributed by atoms with E-state index in [1.165, 1.54) is 18.4 Å². The lowest BCUT2D eigenvalue weighted by molar-refractivity contribution is 0.0603. The van der Waals surface area contributed by atoms with Gasteiger partial charge in [-0.15, -0.1) is 11.3 Å². The van der Waals surface area contributed by atoms with E-state index in [4.69, 9.17) is 9.15 Å². The summed E-state index contributed by atoms with van der Waals surface area (Å²) in [5.74, 6) is -0.324. The van der Waals surface area contributed by atoms with E-state index in [9.17, 15) is 9.59 Å². The van der Waals surface area contributed by atoms with Gasteiger partial charge in [-0.1, -0.05) is 46.3 Å². The van der Waals surface area contributed by atoms with Gasteiger partial charge in [-0.2, -0.15) is 0 Å². The molecule has 0 aliphatic carbocycles. The monoisotopic (exact) mass is 532 g/mol. The summed E-state index contributed by atoms with van der Waals surface area (Å²) in [7, 11) is 1.32. The van der Waals surface area contributed by atoms with Crippen molar-refractivity contribution >= 4 is 55.0 Å². The lowest BCUT2D eigenvalue weighted by Gasteiger charge is -2.11. The van der Waals surface area contributed by atoms with E-state index in [0.717, 1.165) is 10.0 Å². The number of fused-ring (bicyclic) bond motifs is 1. The van der Waals surface area contributed by atoms with Crippen molar-refractivity contribution in [2.75, 3.05) is 12.4 Å². The van der Waals surface area contributed by atoms with Gasteiger partial charge in [0.25, 0.3) is 5.91 Å². The van der Waals surface area contributed by atoms with Crippen LogP contribution in [0.25, 0.3) is 33.5 Å². The Labute approximate surface area is 207 Å². The molecule has 1 amide bonds. The summed E-state index contributed by atoms with van der Waals surface area (Å²) in [5, 5.41) is 5.86. The summed E-state index contributed by atoms with van der Waals surface area (Å²) in [6.45, 7) is 0. The van der Waals surface area contributed by atoms with Gasteiger partial charge in [0.05, 0.1) is 24.5 Å². The third-order valence-electron chi connectivity index (χ3n) is 5.30. The summed E-state index contributed by atoms with van der Waals surface area (Å²) < 4.78 is 11.4. The van der Waals surface area contributed by atoms with E-state index in [1.807, 2.05) is 53.9 Å². The minimum absolute atomic E-state index is 0.313. The third kappa shape index (κ3) is 4.13. The number of para-hydroxylation sites is 1.